The van der Waals surface area contributed by atoms with Crippen LogP contribution in [0.2, 0.25) is 0 Å². The molecule has 0 heterocycles. The number of nitrogens with one attached hydrogen (secondary N) is 2. The van der Waals surface area contributed by atoms with Crippen LogP contribution in [0.5, 0.6) is 11.5 Å². The molecule has 4 N–H and O–H groups in total. The number of hydrogen-bond acceptors (Lipinski definition) is 16. The summed E-state index contributed by atoms with van der Waals surface area (Å²) in [5.41, 5.74) is -0.855. The summed E-state index contributed by atoms with van der Waals surface area (Å²) in [6.07, 6.45) is 0. The molecule has 0 unspecified atom stereocenters. The van der Waals surface area contributed by atoms with Crippen molar-refractivity contribution in [3.8, 4) is 11.5 Å². The topological polar surface area (TPSA) is 303 Å². The van der Waals surface area contributed by atoms with Gasteiger partial charge in [-0.05, 0) is 83.6 Å². The average molecular weight is 840 g/mol. The standard InChI is InChI=1S/C37H26N6O12S3/c44-35-25-12-10-23(16-20(25)18-31(57(50,51)52)33(35)42-40-22-6-2-1-3-7-22)38-37(46)39-24-11-13-26-21(17-24)19-32(58(53,54)55)34(36(26)45)43-41-29-14-15-30(56(47,48)49)28-9-5-4-8-27(28)29/h1-19,44-45H,(H2,38,39,46)(H,47,48,49)(H,50,51,52)(H,53,54,55)/p-3. The van der Waals surface area contributed by atoms with Gasteiger partial charge in [0.1, 0.15) is 41.7 Å². The van der Waals surface area contributed by atoms with E-state index in [1.807, 2.05) is 0 Å². The van der Waals surface area contributed by atoms with E-state index in [-0.39, 0.29) is 49.4 Å². The van der Waals surface area contributed by atoms with Gasteiger partial charge in [-0.3, -0.25) is 0 Å². The van der Waals surface area contributed by atoms with E-state index < -0.39 is 73.9 Å². The first kappa shape index (κ1) is 39.4. The first-order valence-corrected chi connectivity index (χ1v) is 20.6. The molecular formula is C37H23N6O12S3-3. The Kier molecular flexibility index (Phi) is 10.1. The maximum absolute atomic E-state index is 13.0. The molecule has 0 aliphatic rings. The SMILES string of the molecule is O=C(Nc1ccc2c(O)c(N=Nc3ccccc3)c(S(=O)(=O)[O-])cc2c1)Nc1ccc2c(O)c(N=Nc3ccc(S(=O)(=O)[O-])c4ccccc34)c(S(=O)(=O)[O-])cc2c1. The Balaban J connectivity index is 1.17. The lowest BCUT2D eigenvalue weighted by Crippen LogP contribution is -2.19. The highest BCUT2D eigenvalue weighted by Crippen LogP contribution is 2.44. The summed E-state index contributed by atoms with van der Waals surface area (Å²) < 4.78 is 109. The molecule has 0 fully saturated rings. The van der Waals surface area contributed by atoms with Gasteiger partial charge in [0, 0.05) is 32.9 Å². The number of urea groups is 1. The summed E-state index contributed by atoms with van der Waals surface area (Å²) in [6, 6.07) is 25.0. The van der Waals surface area contributed by atoms with Gasteiger partial charge in [0.2, 0.25) is 0 Å². The van der Waals surface area contributed by atoms with E-state index in [1.165, 1.54) is 60.7 Å². The van der Waals surface area contributed by atoms with Gasteiger partial charge >= 0.3 is 6.03 Å². The fourth-order valence-electron chi connectivity index (χ4n) is 5.99. The van der Waals surface area contributed by atoms with Crippen molar-refractivity contribution in [1.82, 2.24) is 0 Å². The minimum Gasteiger partial charge on any atom is -0.744 e. The lowest BCUT2D eigenvalue weighted by Gasteiger charge is -2.15. The molecule has 0 aliphatic heterocycles. The molecule has 2 amide bonds. The van der Waals surface area contributed by atoms with E-state index in [9.17, 15) is 53.9 Å². The predicted molar refractivity (Wildman–Crippen MR) is 206 cm³/mol. The number of aromatic hydroxyl groups is 2. The second kappa shape index (κ2) is 14.9. The van der Waals surface area contributed by atoms with Crippen molar-refractivity contribution in [2.75, 3.05) is 10.6 Å². The van der Waals surface area contributed by atoms with Crippen LogP contribution in [-0.4, -0.2) is 55.2 Å². The predicted octanol–water partition coefficient (Wildman–Crippen LogP) is 7.74. The van der Waals surface area contributed by atoms with E-state index in [4.69, 9.17) is 0 Å². The molecule has 0 aliphatic carbocycles. The molecule has 0 atom stereocenters. The average Bonchev–Trinajstić information content (AvgIpc) is 3.16. The summed E-state index contributed by atoms with van der Waals surface area (Å²) >= 11 is 0. The highest BCUT2D eigenvalue weighted by molar-refractivity contribution is 7.86. The molecule has 7 aromatic carbocycles. The third-order valence-electron chi connectivity index (χ3n) is 8.57. The summed E-state index contributed by atoms with van der Waals surface area (Å²) in [4.78, 5) is 10.7. The van der Waals surface area contributed by atoms with Crippen LogP contribution in [0.25, 0.3) is 32.3 Å². The van der Waals surface area contributed by atoms with Crippen LogP contribution < -0.4 is 10.6 Å². The number of carbonyl (C=O) groups excluding carboxylic acids is 1. The second-order valence-corrected chi connectivity index (χ2v) is 16.4. The summed E-state index contributed by atoms with van der Waals surface area (Å²) in [5.74, 6) is -1.41. The van der Waals surface area contributed by atoms with Crippen molar-refractivity contribution >= 4 is 103 Å². The van der Waals surface area contributed by atoms with Crippen molar-refractivity contribution in [2.45, 2.75) is 14.7 Å². The number of hydrogen-bond donors (Lipinski definition) is 4. The van der Waals surface area contributed by atoms with Crippen LogP contribution in [0.15, 0.2) is 150 Å². The van der Waals surface area contributed by atoms with Gasteiger partial charge in [-0.2, -0.15) is 5.11 Å². The second-order valence-electron chi connectivity index (χ2n) is 12.3. The number of benzene rings is 7. The minimum absolute atomic E-state index is 0.00824. The molecule has 0 spiro atoms. The highest BCUT2D eigenvalue weighted by atomic mass is 32.2. The smallest absolute Gasteiger partial charge is 0.323 e. The van der Waals surface area contributed by atoms with Gasteiger partial charge in [-0.1, -0.05) is 42.5 Å². The molecule has 0 saturated carbocycles. The van der Waals surface area contributed by atoms with Crippen LogP contribution in [0.3, 0.4) is 0 Å². The summed E-state index contributed by atoms with van der Waals surface area (Å²) in [6.45, 7) is 0. The van der Waals surface area contributed by atoms with E-state index in [1.54, 1.807) is 30.3 Å². The number of fused-ring (bicyclic) bond motifs is 3. The molecule has 7 aromatic rings. The molecule has 7 rings (SSSR count). The molecule has 18 nitrogen and oxygen atoms in total. The number of amides is 2. The Hall–Kier alpha value is -6.88. The van der Waals surface area contributed by atoms with Crippen LogP contribution in [0.1, 0.15) is 0 Å². The first-order valence-electron chi connectivity index (χ1n) is 16.3. The number of phenolic OH excluding ortho intramolecular Hbond substituents is 2. The fraction of sp³-hybridized carbons (Fsp3) is 0. The number of anilines is 2. The fourth-order valence-corrected chi connectivity index (χ4v) is 7.97. The Morgan fingerprint density at radius 2 is 0.948 bits per heavy atom. The number of nitrogens with zero attached hydrogens (tertiary/aromatic N) is 4. The lowest BCUT2D eigenvalue weighted by atomic mass is 10.1. The van der Waals surface area contributed by atoms with Gasteiger partial charge in [-0.25, -0.2) is 30.0 Å². The molecule has 0 bridgehead atoms. The molecule has 0 aromatic heterocycles. The number of azo groups is 2. The van der Waals surface area contributed by atoms with Gasteiger partial charge < -0.3 is 34.5 Å². The Bertz CT molecular complexity index is 3250. The van der Waals surface area contributed by atoms with E-state index in [2.05, 4.69) is 31.1 Å². The normalized spacial score (nSPS) is 12.5. The van der Waals surface area contributed by atoms with Crippen LogP contribution in [-0.2, 0) is 30.4 Å². The van der Waals surface area contributed by atoms with Crippen LogP contribution in [0, 0.1) is 0 Å². The van der Waals surface area contributed by atoms with E-state index >= 15 is 0 Å². The molecule has 294 valence electrons. The van der Waals surface area contributed by atoms with E-state index in [0.29, 0.717) is 5.69 Å². The zero-order valence-electron chi connectivity index (χ0n) is 29.0. The van der Waals surface area contributed by atoms with Gasteiger partial charge in [0.25, 0.3) is 0 Å². The van der Waals surface area contributed by atoms with Gasteiger partial charge in [-0.15, -0.1) is 15.3 Å². The maximum atomic E-state index is 13.0. The molecule has 58 heavy (non-hydrogen) atoms. The summed E-state index contributed by atoms with van der Waals surface area (Å²) in [7, 11) is -15.4. The monoisotopic (exact) mass is 839 g/mol. The van der Waals surface area contributed by atoms with Crippen molar-refractivity contribution < 1.29 is 53.9 Å². The van der Waals surface area contributed by atoms with Crippen molar-refractivity contribution in [1.29, 1.82) is 0 Å². The maximum Gasteiger partial charge on any atom is 0.323 e. The van der Waals surface area contributed by atoms with Crippen LogP contribution >= 0.6 is 0 Å². The summed E-state index contributed by atoms with van der Waals surface area (Å²) in [5, 5.41) is 42.8. The zero-order valence-corrected chi connectivity index (χ0v) is 31.4. The van der Waals surface area contributed by atoms with E-state index in [0.717, 1.165) is 24.3 Å². The van der Waals surface area contributed by atoms with Crippen molar-refractivity contribution in [3.63, 3.8) is 0 Å². The van der Waals surface area contributed by atoms with Crippen molar-refractivity contribution in [2.24, 2.45) is 20.5 Å². The molecule has 0 saturated heterocycles. The van der Waals surface area contributed by atoms with Crippen LogP contribution in [0.4, 0.5) is 38.9 Å². The quantitative estimate of drug-likeness (QED) is 0.0801. The number of phenols is 2. The zero-order chi connectivity index (χ0) is 41.6. The largest absolute Gasteiger partial charge is 0.744 e. The molecular weight excluding hydrogens is 817 g/mol. The van der Waals surface area contributed by atoms with Gasteiger partial charge in [0.05, 0.1) is 26.1 Å². The number of rotatable bonds is 9. The third-order valence-corrected chi connectivity index (χ3v) is 11.2. The number of carbonyl (C=O) groups is 1. The molecule has 21 heteroatoms. The first-order chi connectivity index (χ1) is 27.4. The third kappa shape index (κ3) is 8.02. The minimum atomic E-state index is -5.32. The highest BCUT2D eigenvalue weighted by Gasteiger charge is 2.21. The lowest BCUT2D eigenvalue weighted by molar-refractivity contribution is 0.262. The Morgan fingerprint density at radius 1 is 0.483 bits per heavy atom. The Labute approximate surface area is 328 Å². The molecule has 0 radical (unpaired) electrons. The Morgan fingerprint density at radius 3 is 1.45 bits per heavy atom. The van der Waals surface area contributed by atoms with Crippen molar-refractivity contribution in [3.05, 3.63) is 115 Å². The van der Waals surface area contributed by atoms with Gasteiger partial charge in [0.15, 0.2) is 11.5 Å².